The van der Waals surface area contributed by atoms with E-state index in [0.717, 1.165) is 0 Å². The Balaban J connectivity index is 2.84. The maximum atomic E-state index is 2.25. The first-order chi connectivity index (χ1) is 8.45. The average Bonchev–Trinajstić information content (AvgIpc) is 2.29. The first kappa shape index (κ1) is 14.5. The Hall–Kier alpha value is -1.56. The van der Waals surface area contributed by atoms with E-state index in [9.17, 15) is 0 Å². The molecule has 1 aromatic rings. The standard InChI is InChI=1S/C18H24/c1-6-8-15(2)9-7-14-18(4,5)17-12-10-16(3)11-13-17/h6-14H,1-5H3/b8-6-,14-7+,15-9-. The van der Waals surface area contributed by atoms with Crippen LogP contribution in [0.3, 0.4) is 0 Å². The van der Waals surface area contributed by atoms with Crippen LogP contribution in [0.2, 0.25) is 0 Å². The molecule has 0 amide bonds. The molecule has 0 saturated heterocycles. The van der Waals surface area contributed by atoms with Crippen LogP contribution in [-0.2, 0) is 5.41 Å². The number of benzene rings is 1. The van der Waals surface area contributed by atoms with Crippen molar-refractivity contribution in [2.24, 2.45) is 0 Å². The highest BCUT2D eigenvalue weighted by Gasteiger charge is 2.15. The minimum atomic E-state index is 0.0699. The maximum Gasteiger partial charge on any atom is 0.00784 e. The number of hydrogen-bond acceptors (Lipinski definition) is 0. The highest BCUT2D eigenvalue weighted by molar-refractivity contribution is 5.33. The van der Waals surface area contributed by atoms with Crippen molar-refractivity contribution in [2.75, 3.05) is 0 Å². The summed E-state index contributed by atoms with van der Waals surface area (Å²) in [6.45, 7) is 10.8. The second kappa shape index (κ2) is 6.39. The fraction of sp³-hybridized carbons (Fsp3) is 0.333. The summed E-state index contributed by atoms with van der Waals surface area (Å²) in [5.74, 6) is 0. The van der Waals surface area contributed by atoms with E-state index in [-0.39, 0.29) is 5.41 Å². The quantitative estimate of drug-likeness (QED) is 0.622. The molecule has 18 heavy (non-hydrogen) atoms. The zero-order chi connectivity index (χ0) is 13.6. The third-order valence-corrected chi connectivity index (χ3v) is 3.10. The Morgan fingerprint density at radius 2 is 1.72 bits per heavy atom. The molecule has 0 bridgehead atoms. The zero-order valence-electron chi connectivity index (χ0n) is 12.2. The van der Waals surface area contributed by atoms with E-state index < -0.39 is 0 Å². The van der Waals surface area contributed by atoms with E-state index >= 15 is 0 Å². The summed E-state index contributed by atoms with van der Waals surface area (Å²) in [4.78, 5) is 0. The van der Waals surface area contributed by atoms with E-state index in [1.165, 1.54) is 16.7 Å². The molecule has 0 unspecified atom stereocenters. The molecule has 1 rings (SSSR count). The van der Waals surface area contributed by atoms with Gasteiger partial charge in [0, 0.05) is 5.41 Å². The highest BCUT2D eigenvalue weighted by Crippen LogP contribution is 2.25. The molecule has 0 radical (unpaired) electrons. The molecule has 0 heterocycles. The first-order valence-electron chi connectivity index (χ1n) is 6.51. The average molecular weight is 240 g/mol. The molecule has 0 nitrogen and oxygen atoms in total. The summed E-state index contributed by atoms with van der Waals surface area (Å²) in [6, 6.07) is 8.77. The summed E-state index contributed by atoms with van der Waals surface area (Å²) in [5, 5.41) is 0. The molecule has 1 aromatic carbocycles. The molecular weight excluding hydrogens is 216 g/mol. The van der Waals surface area contributed by atoms with E-state index in [2.05, 4.69) is 82.3 Å². The van der Waals surface area contributed by atoms with Gasteiger partial charge in [0.1, 0.15) is 0 Å². The SMILES string of the molecule is C\C=C/C(C)=C\C=C\C(C)(C)c1ccc(C)cc1. The normalized spacial score (nSPS) is 13.7. The maximum absolute atomic E-state index is 2.25. The molecule has 0 heteroatoms. The van der Waals surface area contributed by atoms with Gasteiger partial charge in [-0.05, 0) is 26.3 Å². The topological polar surface area (TPSA) is 0 Å². The van der Waals surface area contributed by atoms with Crippen LogP contribution in [0.4, 0.5) is 0 Å². The lowest BCUT2D eigenvalue weighted by atomic mass is 9.84. The van der Waals surface area contributed by atoms with Crippen molar-refractivity contribution in [1.82, 2.24) is 0 Å². The molecular formula is C18H24. The molecule has 0 aliphatic heterocycles. The lowest BCUT2D eigenvalue weighted by Gasteiger charge is -2.20. The Bertz CT molecular complexity index is 453. The smallest absolute Gasteiger partial charge is 0.00784 e. The molecule has 0 aliphatic rings. The van der Waals surface area contributed by atoms with Crippen LogP contribution in [0.15, 0.2) is 60.2 Å². The summed E-state index contributed by atoms with van der Waals surface area (Å²) in [7, 11) is 0. The largest absolute Gasteiger partial charge is 0.0874 e. The third-order valence-electron chi connectivity index (χ3n) is 3.10. The van der Waals surface area contributed by atoms with Gasteiger partial charge in [0.2, 0.25) is 0 Å². The number of hydrogen-bond donors (Lipinski definition) is 0. The van der Waals surface area contributed by atoms with Gasteiger partial charge in [-0.15, -0.1) is 0 Å². The van der Waals surface area contributed by atoms with Crippen LogP contribution in [0.25, 0.3) is 0 Å². The summed E-state index contributed by atoms with van der Waals surface area (Å²) in [6.07, 6.45) is 10.7. The van der Waals surface area contributed by atoms with Gasteiger partial charge >= 0.3 is 0 Å². The number of allylic oxidation sites excluding steroid dienone is 6. The minimum absolute atomic E-state index is 0.0699. The number of aryl methyl sites for hydroxylation is 1. The van der Waals surface area contributed by atoms with Crippen molar-refractivity contribution >= 4 is 0 Å². The van der Waals surface area contributed by atoms with Gasteiger partial charge in [-0.2, -0.15) is 0 Å². The Morgan fingerprint density at radius 3 is 2.28 bits per heavy atom. The van der Waals surface area contributed by atoms with Gasteiger partial charge in [0.05, 0.1) is 0 Å². The lowest BCUT2D eigenvalue weighted by Crippen LogP contribution is -2.12. The van der Waals surface area contributed by atoms with Crippen LogP contribution in [-0.4, -0.2) is 0 Å². The highest BCUT2D eigenvalue weighted by atomic mass is 14.2. The van der Waals surface area contributed by atoms with E-state index in [1.54, 1.807) is 0 Å². The summed E-state index contributed by atoms with van der Waals surface area (Å²) < 4.78 is 0. The Labute approximate surface area is 112 Å². The fourth-order valence-corrected chi connectivity index (χ4v) is 1.84. The van der Waals surface area contributed by atoms with Gasteiger partial charge in [-0.25, -0.2) is 0 Å². The predicted octanol–water partition coefficient (Wildman–Crippen LogP) is 5.35. The molecule has 96 valence electrons. The third kappa shape index (κ3) is 4.37. The second-order valence-corrected chi connectivity index (χ2v) is 5.36. The van der Waals surface area contributed by atoms with E-state index in [0.29, 0.717) is 0 Å². The molecule has 0 fully saturated rings. The van der Waals surface area contributed by atoms with Crippen molar-refractivity contribution in [3.05, 3.63) is 71.3 Å². The molecule has 0 aliphatic carbocycles. The molecule has 0 N–H and O–H groups in total. The molecule has 0 aromatic heterocycles. The molecule has 0 spiro atoms. The van der Waals surface area contributed by atoms with Crippen LogP contribution < -0.4 is 0 Å². The summed E-state index contributed by atoms with van der Waals surface area (Å²) >= 11 is 0. The van der Waals surface area contributed by atoms with Gasteiger partial charge < -0.3 is 0 Å². The predicted molar refractivity (Wildman–Crippen MR) is 81.9 cm³/mol. The zero-order valence-corrected chi connectivity index (χ0v) is 12.2. The van der Waals surface area contributed by atoms with Crippen molar-refractivity contribution in [3.63, 3.8) is 0 Å². The van der Waals surface area contributed by atoms with Crippen molar-refractivity contribution in [2.45, 2.75) is 40.0 Å². The second-order valence-electron chi connectivity index (χ2n) is 5.36. The minimum Gasteiger partial charge on any atom is -0.0874 e. The molecule has 0 saturated carbocycles. The van der Waals surface area contributed by atoms with Crippen LogP contribution in [0.5, 0.6) is 0 Å². The Kier molecular flexibility index (Phi) is 5.15. The molecule has 0 atom stereocenters. The van der Waals surface area contributed by atoms with Crippen LogP contribution in [0.1, 0.15) is 38.8 Å². The van der Waals surface area contributed by atoms with Crippen LogP contribution >= 0.6 is 0 Å². The Morgan fingerprint density at radius 1 is 1.11 bits per heavy atom. The van der Waals surface area contributed by atoms with Gasteiger partial charge in [-0.3, -0.25) is 0 Å². The van der Waals surface area contributed by atoms with Gasteiger partial charge in [0.15, 0.2) is 0 Å². The monoisotopic (exact) mass is 240 g/mol. The van der Waals surface area contributed by atoms with Crippen molar-refractivity contribution in [1.29, 1.82) is 0 Å². The van der Waals surface area contributed by atoms with E-state index in [1.807, 2.05) is 6.92 Å². The van der Waals surface area contributed by atoms with E-state index in [4.69, 9.17) is 0 Å². The first-order valence-corrected chi connectivity index (χ1v) is 6.51. The lowest BCUT2D eigenvalue weighted by molar-refractivity contribution is 0.669. The fourth-order valence-electron chi connectivity index (χ4n) is 1.84. The van der Waals surface area contributed by atoms with Crippen molar-refractivity contribution < 1.29 is 0 Å². The summed E-state index contributed by atoms with van der Waals surface area (Å²) in [5.41, 5.74) is 4.00. The van der Waals surface area contributed by atoms with Crippen LogP contribution in [0, 0.1) is 6.92 Å². The van der Waals surface area contributed by atoms with Crippen molar-refractivity contribution in [3.8, 4) is 0 Å². The van der Waals surface area contributed by atoms with Gasteiger partial charge in [-0.1, -0.05) is 79.6 Å². The van der Waals surface area contributed by atoms with Gasteiger partial charge in [0.25, 0.3) is 0 Å². The number of rotatable bonds is 4.